The van der Waals surface area contributed by atoms with Crippen molar-refractivity contribution in [1.29, 1.82) is 0 Å². The summed E-state index contributed by atoms with van der Waals surface area (Å²) in [6.45, 7) is 5.15. The Morgan fingerprint density at radius 2 is 1.83 bits per heavy atom. The number of hydrogen-bond donors (Lipinski definition) is 2. The van der Waals surface area contributed by atoms with Gasteiger partial charge in [-0.25, -0.2) is 13.4 Å². The highest BCUT2D eigenvalue weighted by Crippen LogP contribution is 2.23. The Labute approximate surface area is 175 Å². The molecule has 0 fully saturated rings. The Morgan fingerprint density at radius 1 is 1.13 bits per heavy atom. The lowest BCUT2D eigenvalue weighted by Gasteiger charge is -2.11. The maximum Gasteiger partial charge on any atom is 0.263 e. The number of carbonyl (C=O) groups is 1. The molecule has 0 amide bonds. The van der Waals surface area contributed by atoms with Crippen molar-refractivity contribution < 1.29 is 13.2 Å². The lowest BCUT2D eigenvalue weighted by atomic mass is 10.1. The van der Waals surface area contributed by atoms with Crippen molar-refractivity contribution >= 4 is 21.6 Å². The number of sulfonamides is 1. The smallest absolute Gasteiger partial charge is 0.263 e. The van der Waals surface area contributed by atoms with Crippen LogP contribution in [0.15, 0.2) is 58.2 Å². The van der Waals surface area contributed by atoms with E-state index in [9.17, 15) is 18.0 Å². The molecule has 2 N–H and O–H groups in total. The molecule has 0 unspecified atom stereocenters. The second-order valence-electron chi connectivity index (χ2n) is 7.05. The van der Waals surface area contributed by atoms with Crippen molar-refractivity contribution in [3.63, 3.8) is 0 Å². The molecule has 3 rings (SSSR count). The second kappa shape index (κ2) is 8.62. The molecule has 3 aromatic rings. The van der Waals surface area contributed by atoms with Gasteiger partial charge in [0.1, 0.15) is 11.6 Å². The normalized spacial score (nSPS) is 11.3. The van der Waals surface area contributed by atoms with Crippen LogP contribution < -0.4 is 10.3 Å². The summed E-state index contributed by atoms with van der Waals surface area (Å²) in [5.41, 5.74) is 3.20. The summed E-state index contributed by atoms with van der Waals surface area (Å²) in [7, 11) is -3.84. The van der Waals surface area contributed by atoms with Crippen LogP contribution in [0.25, 0.3) is 11.3 Å². The fourth-order valence-corrected chi connectivity index (χ4v) is 4.11. The number of nitrogens with zero attached hydrogens (tertiary/aromatic N) is 1. The maximum atomic E-state index is 12.7. The highest BCUT2D eigenvalue weighted by atomic mass is 32.2. The molecular formula is C22H23N3O4S. The van der Waals surface area contributed by atoms with Crippen molar-refractivity contribution in [3.8, 4) is 11.3 Å². The van der Waals surface area contributed by atoms with Gasteiger partial charge < -0.3 is 4.98 Å². The van der Waals surface area contributed by atoms with Gasteiger partial charge in [-0.3, -0.25) is 14.3 Å². The van der Waals surface area contributed by atoms with Crippen molar-refractivity contribution in [2.75, 3.05) is 4.72 Å². The van der Waals surface area contributed by atoms with Crippen molar-refractivity contribution in [2.45, 2.75) is 38.5 Å². The largest absolute Gasteiger partial charge is 0.326 e. The third-order valence-corrected chi connectivity index (χ3v) is 6.02. The number of rotatable bonds is 7. The molecule has 0 spiro atoms. The molecule has 0 atom stereocenters. The van der Waals surface area contributed by atoms with Gasteiger partial charge in [0.2, 0.25) is 0 Å². The Balaban J connectivity index is 1.90. The minimum atomic E-state index is -3.84. The number of aryl methyl sites for hydroxylation is 2. The number of carbonyl (C=O) groups excluding carboxylic acids is 1. The van der Waals surface area contributed by atoms with E-state index in [-0.39, 0.29) is 28.5 Å². The minimum Gasteiger partial charge on any atom is -0.326 e. The maximum absolute atomic E-state index is 12.7. The van der Waals surface area contributed by atoms with Crippen LogP contribution >= 0.6 is 0 Å². The van der Waals surface area contributed by atoms with Gasteiger partial charge in [0.05, 0.1) is 10.6 Å². The Kier molecular flexibility index (Phi) is 6.17. The zero-order valence-corrected chi connectivity index (χ0v) is 17.8. The first-order valence-corrected chi connectivity index (χ1v) is 11.0. The SMILES string of the molecule is CCc1cc(-c2cccc(NS(=O)(=O)c3ccc(CC(C)=O)cc3)n2)c(C)[nH]c1=O. The summed E-state index contributed by atoms with van der Waals surface area (Å²) < 4.78 is 27.9. The summed E-state index contributed by atoms with van der Waals surface area (Å²) in [4.78, 5) is 30.5. The standard InChI is InChI=1S/C22H23N3O4S/c1-4-17-13-19(15(3)23-22(17)27)20-6-5-7-21(24-20)25-30(28,29)18-10-8-16(9-11-18)12-14(2)26/h5-11,13H,4,12H2,1-3H3,(H,23,27)(H,24,25). The summed E-state index contributed by atoms with van der Waals surface area (Å²) in [5, 5.41) is 0. The second-order valence-corrected chi connectivity index (χ2v) is 8.73. The molecule has 0 aliphatic carbocycles. The number of Topliss-reactive ketones (excluding diaryl/α,β-unsaturated/α-hetero) is 1. The molecule has 0 saturated carbocycles. The monoisotopic (exact) mass is 425 g/mol. The first-order valence-electron chi connectivity index (χ1n) is 9.51. The van der Waals surface area contributed by atoms with Crippen molar-refractivity contribution in [3.05, 3.63) is 75.7 Å². The van der Waals surface area contributed by atoms with E-state index in [1.54, 1.807) is 43.3 Å². The predicted molar refractivity (Wildman–Crippen MR) is 116 cm³/mol. The average molecular weight is 426 g/mol. The zero-order valence-electron chi connectivity index (χ0n) is 17.0. The van der Waals surface area contributed by atoms with Crippen LogP contribution in [-0.2, 0) is 27.7 Å². The molecule has 0 aliphatic heterocycles. The fraction of sp³-hybridized carbons (Fsp3) is 0.227. The number of ketones is 1. The van der Waals surface area contributed by atoms with Gasteiger partial charge in [-0.2, -0.15) is 0 Å². The third kappa shape index (κ3) is 4.83. The summed E-state index contributed by atoms with van der Waals surface area (Å²) in [6, 6.07) is 13.0. The molecule has 7 nitrogen and oxygen atoms in total. The number of benzene rings is 1. The van der Waals surface area contributed by atoms with Crippen LogP contribution in [0.5, 0.6) is 0 Å². The third-order valence-electron chi connectivity index (χ3n) is 4.65. The predicted octanol–water partition coefficient (Wildman–Crippen LogP) is 3.24. The van der Waals surface area contributed by atoms with Gasteiger partial charge in [0.15, 0.2) is 0 Å². The highest BCUT2D eigenvalue weighted by Gasteiger charge is 2.16. The van der Waals surface area contributed by atoms with Gasteiger partial charge >= 0.3 is 0 Å². The van der Waals surface area contributed by atoms with Crippen LogP contribution in [0.2, 0.25) is 0 Å². The van der Waals surface area contributed by atoms with Crippen LogP contribution in [0.3, 0.4) is 0 Å². The van der Waals surface area contributed by atoms with E-state index in [0.29, 0.717) is 23.4 Å². The Hall–Kier alpha value is -3.26. The molecule has 0 radical (unpaired) electrons. The average Bonchev–Trinajstić information content (AvgIpc) is 2.68. The van der Waals surface area contributed by atoms with E-state index in [0.717, 1.165) is 11.1 Å². The van der Waals surface area contributed by atoms with E-state index in [4.69, 9.17) is 0 Å². The summed E-state index contributed by atoms with van der Waals surface area (Å²) in [6.07, 6.45) is 0.837. The van der Waals surface area contributed by atoms with Gasteiger partial charge in [0.25, 0.3) is 15.6 Å². The molecule has 0 saturated heterocycles. The van der Waals surface area contributed by atoms with E-state index in [1.165, 1.54) is 19.1 Å². The number of anilines is 1. The number of aromatic amines is 1. The highest BCUT2D eigenvalue weighted by molar-refractivity contribution is 7.92. The Morgan fingerprint density at radius 3 is 2.47 bits per heavy atom. The number of pyridine rings is 2. The Bertz CT molecular complexity index is 1250. The minimum absolute atomic E-state index is 0.00790. The van der Waals surface area contributed by atoms with Crippen LogP contribution in [0, 0.1) is 6.92 Å². The fourth-order valence-electron chi connectivity index (χ4n) is 3.11. The first-order chi connectivity index (χ1) is 14.2. The molecule has 1 aromatic carbocycles. The van der Waals surface area contributed by atoms with Gasteiger partial charge in [-0.15, -0.1) is 0 Å². The van der Waals surface area contributed by atoms with E-state index < -0.39 is 10.0 Å². The number of H-pyrrole nitrogens is 1. The summed E-state index contributed by atoms with van der Waals surface area (Å²) >= 11 is 0. The molecule has 0 aliphatic rings. The lowest BCUT2D eigenvalue weighted by molar-refractivity contribution is -0.116. The van der Waals surface area contributed by atoms with Crippen LogP contribution in [-0.4, -0.2) is 24.2 Å². The number of nitrogens with one attached hydrogen (secondary N) is 2. The van der Waals surface area contributed by atoms with Gasteiger partial charge in [-0.1, -0.05) is 25.1 Å². The van der Waals surface area contributed by atoms with E-state index in [1.807, 2.05) is 6.92 Å². The summed E-state index contributed by atoms with van der Waals surface area (Å²) in [5.74, 6) is 0.178. The molecule has 8 heteroatoms. The topological polar surface area (TPSA) is 109 Å². The molecule has 2 aromatic heterocycles. The lowest BCUT2D eigenvalue weighted by Crippen LogP contribution is -2.15. The van der Waals surface area contributed by atoms with Crippen molar-refractivity contribution in [1.82, 2.24) is 9.97 Å². The molecule has 2 heterocycles. The zero-order chi connectivity index (χ0) is 21.9. The van der Waals surface area contributed by atoms with Crippen molar-refractivity contribution in [2.24, 2.45) is 0 Å². The number of aromatic nitrogens is 2. The van der Waals surface area contributed by atoms with Gasteiger partial charge in [-0.05, 0) is 56.2 Å². The van der Waals surface area contributed by atoms with Gasteiger partial charge in [0, 0.05) is 23.2 Å². The van der Waals surface area contributed by atoms with Crippen LogP contribution in [0.1, 0.15) is 30.7 Å². The number of hydrogen-bond acceptors (Lipinski definition) is 5. The quantitative estimate of drug-likeness (QED) is 0.604. The molecule has 0 bridgehead atoms. The van der Waals surface area contributed by atoms with E-state index >= 15 is 0 Å². The first kappa shape index (κ1) is 21.4. The molecular weight excluding hydrogens is 402 g/mol. The van der Waals surface area contributed by atoms with Crippen LogP contribution in [0.4, 0.5) is 5.82 Å². The van der Waals surface area contributed by atoms with E-state index in [2.05, 4.69) is 14.7 Å². The molecule has 30 heavy (non-hydrogen) atoms. The molecule has 156 valence electrons.